The first-order valence-electron chi connectivity index (χ1n) is 9.67. The first-order valence-corrected chi connectivity index (χ1v) is 10.0. The number of methoxy groups -OCH3 is 1. The third-order valence-corrected chi connectivity index (χ3v) is 6.97. The minimum absolute atomic E-state index is 0.00699. The quantitative estimate of drug-likeness (QED) is 0.438. The Morgan fingerprint density at radius 3 is 2.45 bits per heavy atom. The van der Waals surface area contributed by atoms with E-state index in [1.807, 2.05) is 18.6 Å². The van der Waals surface area contributed by atoms with Gasteiger partial charge in [-0.1, -0.05) is 23.7 Å². The Hall–Kier alpha value is -2.98. The van der Waals surface area contributed by atoms with E-state index in [2.05, 4.69) is 47.2 Å². The summed E-state index contributed by atoms with van der Waals surface area (Å²) < 4.78 is 19.4. The van der Waals surface area contributed by atoms with E-state index in [-0.39, 0.29) is 17.4 Å². The molecular formula is C24H19ClNO3+. The Morgan fingerprint density at radius 2 is 1.79 bits per heavy atom. The Labute approximate surface area is 173 Å². The van der Waals surface area contributed by atoms with Gasteiger partial charge in [0.05, 0.1) is 48.5 Å². The predicted molar refractivity (Wildman–Crippen MR) is 107 cm³/mol. The molecule has 144 valence electrons. The van der Waals surface area contributed by atoms with Gasteiger partial charge in [0.15, 0.2) is 17.9 Å². The van der Waals surface area contributed by atoms with Gasteiger partial charge in [-0.2, -0.15) is 4.57 Å². The van der Waals surface area contributed by atoms with Crippen LogP contribution in [0, 0.1) is 0 Å². The van der Waals surface area contributed by atoms with Gasteiger partial charge in [0.25, 0.3) is 0 Å². The molecule has 7 rings (SSSR count). The van der Waals surface area contributed by atoms with Crippen molar-refractivity contribution in [1.82, 2.24) is 0 Å². The molecule has 29 heavy (non-hydrogen) atoms. The van der Waals surface area contributed by atoms with Crippen LogP contribution in [-0.4, -0.2) is 7.11 Å². The number of aromatic nitrogens is 1. The zero-order valence-electron chi connectivity index (χ0n) is 15.8. The highest BCUT2D eigenvalue weighted by atomic mass is 35.5. The van der Waals surface area contributed by atoms with Crippen LogP contribution in [-0.2, 0) is 5.41 Å². The van der Waals surface area contributed by atoms with E-state index in [0.29, 0.717) is 5.02 Å². The van der Waals surface area contributed by atoms with Crippen LogP contribution in [0.25, 0.3) is 0 Å². The maximum absolute atomic E-state index is 6.60. The van der Waals surface area contributed by atoms with Crippen LogP contribution in [0.2, 0.25) is 5.02 Å². The van der Waals surface area contributed by atoms with Gasteiger partial charge in [0, 0.05) is 40.8 Å². The number of benzene rings is 1. The molecule has 5 heterocycles. The lowest BCUT2D eigenvalue weighted by Gasteiger charge is -2.48. The number of pyridine rings is 1. The third kappa shape index (κ3) is 2.07. The smallest absolute Gasteiger partial charge is 0.190 e. The van der Waals surface area contributed by atoms with Gasteiger partial charge in [-0.25, -0.2) is 0 Å². The zero-order chi connectivity index (χ0) is 19.6. The standard InChI is InChI=1S/C24H19ClNO3/c1-27-23-18(25)6-5-17-20-12-24(15-7-10-28-13-15,16-8-11-29-14-16)22(21(17)23)19-4-2-3-9-26(19)20/h2-11,13-14,20,22H,12H2,1H3/q+1. The van der Waals surface area contributed by atoms with Crippen molar-refractivity contribution in [3.8, 4) is 5.75 Å². The number of rotatable bonds is 3. The molecule has 5 heteroatoms. The maximum Gasteiger partial charge on any atom is 0.190 e. The van der Waals surface area contributed by atoms with Gasteiger partial charge < -0.3 is 13.6 Å². The normalized spacial score (nSPS) is 20.9. The van der Waals surface area contributed by atoms with Gasteiger partial charge in [-0.15, -0.1) is 0 Å². The van der Waals surface area contributed by atoms with Gasteiger partial charge >= 0.3 is 0 Å². The maximum atomic E-state index is 6.60. The second-order valence-electron chi connectivity index (χ2n) is 7.76. The number of furan rings is 2. The lowest BCUT2D eigenvalue weighted by atomic mass is 9.54. The highest BCUT2D eigenvalue weighted by Gasteiger charge is 2.61. The molecule has 0 amide bonds. The van der Waals surface area contributed by atoms with Gasteiger partial charge in [-0.05, 0) is 18.2 Å². The van der Waals surface area contributed by atoms with Crippen molar-refractivity contribution in [2.75, 3.05) is 7.11 Å². The van der Waals surface area contributed by atoms with Gasteiger partial charge in [0.1, 0.15) is 5.75 Å². The van der Waals surface area contributed by atoms with Crippen LogP contribution >= 0.6 is 11.6 Å². The van der Waals surface area contributed by atoms with Crippen molar-refractivity contribution in [1.29, 1.82) is 0 Å². The van der Waals surface area contributed by atoms with E-state index >= 15 is 0 Å². The molecule has 4 aromatic rings. The molecule has 0 spiro atoms. The van der Waals surface area contributed by atoms with Crippen molar-refractivity contribution in [3.05, 3.63) is 107 Å². The van der Waals surface area contributed by atoms with Crippen LogP contribution in [0.4, 0.5) is 0 Å². The number of fused-ring (bicyclic) bond motifs is 1. The molecule has 2 atom stereocenters. The molecule has 4 nitrogen and oxygen atoms in total. The molecule has 2 aliphatic heterocycles. The van der Waals surface area contributed by atoms with Crippen molar-refractivity contribution >= 4 is 11.6 Å². The predicted octanol–water partition coefficient (Wildman–Crippen LogP) is 5.25. The van der Waals surface area contributed by atoms with E-state index in [9.17, 15) is 0 Å². The second-order valence-corrected chi connectivity index (χ2v) is 8.17. The van der Waals surface area contributed by atoms with E-state index in [4.69, 9.17) is 25.2 Å². The fourth-order valence-electron chi connectivity index (χ4n) is 5.58. The Morgan fingerprint density at radius 1 is 1.03 bits per heavy atom. The van der Waals surface area contributed by atoms with Gasteiger partial charge in [0.2, 0.25) is 0 Å². The molecule has 1 aliphatic carbocycles. The van der Waals surface area contributed by atoms with E-state index < -0.39 is 0 Å². The first kappa shape index (κ1) is 16.9. The topological polar surface area (TPSA) is 39.4 Å². The summed E-state index contributed by atoms with van der Waals surface area (Å²) in [5.41, 5.74) is 5.59. The summed E-state index contributed by atoms with van der Waals surface area (Å²) in [5, 5.41) is 0.634. The molecule has 0 saturated carbocycles. The molecule has 0 fully saturated rings. The van der Waals surface area contributed by atoms with Crippen molar-refractivity contribution in [2.24, 2.45) is 0 Å². The summed E-state index contributed by atoms with van der Waals surface area (Å²) in [4.78, 5) is 0. The van der Waals surface area contributed by atoms with Gasteiger partial charge in [-0.3, -0.25) is 0 Å². The fraction of sp³-hybridized carbons (Fsp3) is 0.208. The molecule has 0 saturated heterocycles. The summed E-state index contributed by atoms with van der Waals surface area (Å²) >= 11 is 6.60. The number of hydrogen-bond acceptors (Lipinski definition) is 3. The second kappa shape index (κ2) is 6.01. The van der Waals surface area contributed by atoms with E-state index in [1.54, 1.807) is 19.6 Å². The van der Waals surface area contributed by atoms with Crippen molar-refractivity contribution < 1.29 is 18.1 Å². The molecular weight excluding hydrogens is 386 g/mol. The summed E-state index contributed by atoms with van der Waals surface area (Å²) in [7, 11) is 1.69. The summed E-state index contributed by atoms with van der Waals surface area (Å²) in [5.74, 6) is 0.762. The monoisotopic (exact) mass is 404 g/mol. The minimum atomic E-state index is -0.336. The Bertz CT molecular complexity index is 1160. The van der Waals surface area contributed by atoms with Crippen molar-refractivity contribution in [2.45, 2.75) is 23.8 Å². The largest absolute Gasteiger partial charge is 0.495 e. The zero-order valence-corrected chi connectivity index (χ0v) is 16.6. The summed E-state index contributed by atoms with van der Waals surface area (Å²) in [6.07, 6.45) is 10.3. The lowest BCUT2D eigenvalue weighted by molar-refractivity contribution is -0.732. The van der Waals surface area contributed by atoms with Crippen LogP contribution < -0.4 is 9.30 Å². The highest BCUT2D eigenvalue weighted by molar-refractivity contribution is 6.32. The molecule has 0 N–H and O–H groups in total. The Balaban J connectivity index is 1.76. The minimum Gasteiger partial charge on any atom is -0.495 e. The SMILES string of the molecule is COc1c(Cl)ccc2c1C1c3cccc[n+]3C2CC1(c1ccoc1)c1ccoc1. The van der Waals surface area contributed by atoms with Crippen molar-refractivity contribution in [3.63, 3.8) is 0 Å². The first-order chi connectivity index (χ1) is 14.3. The van der Waals surface area contributed by atoms with Crippen LogP contribution in [0.1, 0.15) is 46.3 Å². The molecule has 3 aliphatic rings. The average molecular weight is 405 g/mol. The van der Waals surface area contributed by atoms with Crippen LogP contribution in [0.15, 0.2) is 82.5 Å². The summed E-state index contributed by atoms with van der Waals surface area (Å²) in [6.45, 7) is 0. The molecule has 2 bridgehead atoms. The molecule has 0 radical (unpaired) electrons. The fourth-order valence-corrected chi connectivity index (χ4v) is 5.82. The van der Waals surface area contributed by atoms with E-state index in [0.717, 1.165) is 28.9 Å². The van der Waals surface area contributed by atoms with Crippen LogP contribution in [0.5, 0.6) is 5.75 Å². The third-order valence-electron chi connectivity index (χ3n) is 6.67. The number of nitrogens with zero attached hydrogens (tertiary/aromatic N) is 1. The lowest BCUT2D eigenvalue weighted by Crippen LogP contribution is -2.60. The Kier molecular flexibility index (Phi) is 3.51. The number of hydrogen-bond donors (Lipinski definition) is 0. The van der Waals surface area contributed by atoms with Crippen LogP contribution in [0.3, 0.4) is 0 Å². The molecule has 3 aromatic heterocycles. The number of ether oxygens (including phenoxy) is 1. The average Bonchev–Trinajstić information content (AvgIpc) is 3.48. The van der Waals surface area contributed by atoms with E-state index in [1.165, 1.54) is 11.3 Å². The molecule has 1 aromatic carbocycles. The molecule has 2 unspecified atom stereocenters. The summed E-state index contributed by atoms with van der Waals surface area (Å²) in [6, 6.07) is 14.8. The highest BCUT2D eigenvalue weighted by Crippen LogP contribution is 2.62. The number of halogens is 1.